The molecule has 0 aliphatic rings. The van der Waals surface area contributed by atoms with Crippen molar-refractivity contribution < 1.29 is 4.92 Å². The summed E-state index contributed by atoms with van der Waals surface area (Å²) in [5.74, 6) is 0. The lowest BCUT2D eigenvalue weighted by atomic mass is 10.1. The Hall–Kier alpha value is -2.96. The second-order valence-electron chi connectivity index (χ2n) is 4.52. The van der Waals surface area contributed by atoms with Gasteiger partial charge in [-0.2, -0.15) is 0 Å². The number of nitrogens with one attached hydrogen (secondary N) is 1. The molecule has 1 N–H and O–H groups in total. The summed E-state index contributed by atoms with van der Waals surface area (Å²) in [6, 6.07) is 6.78. The molecule has 0 aliphatic heterocycles. The van der Waals surface area contributed by atoms with Crippen LogP contribution in [0.2, 0.25) is 0 Å². The van der Waals surface area contributed by atoms with Crippen molar-refractivity contribution in [3.63, 3.8) is 0 Å². The summed E-state index contributed by atoms with van der Waals surface area (Å²) >= 11 is 0. The van der Waals surface area contributed by atoms with Crippen molar-refractivity contribution in [1.82, 2.24) is 14.5 Å². The maximum absolute atomic E-state index is 11.0. The van der Waals surface area contributed by atoms with E-state index >= 15 is 0 Å². The first kappa shape index (κ1) is 13.0. The molecule has 7 heteroatoms. The number of aromatic nitrogens is 3. The average Bonchev–Trinajstić information content (AvgIpc) is 3.00. The van der Waals surface area contributed by atoms with Gasteiger partial charge < -0.3 is 9.88 Å². The second kappa shape index (κ2) is 5.58. The highest BCUT2D eigenvalue weighted by Gasteiger charge is 2.13. The number of non-ortho nitro benzene ring substituents is 1. The first-order valence-corrected chi connectivity index (χ1v) is 6.47. The van der Waals surface area contributed by atoms with Gasteiger partial charge in [-0.15, -0.1) is 0 Å². The third-order valence-corrected chi connectivity index (χ3v) is 3.19. The van der Waals surface area contributed by atoms with Crippen molar-refractivity contribution in [2.24, 2.45) is 0 Å². The van der Waals surface area contributed by atoms with E-state index in [9.17, 15) is 10.1 Å². The van der Waals surface area contributed by atoms with E-state index in [1.165, 1.54) is 6.07 Å². The third-order valence-electron chi connectivity index (χ3n) is 3.19. The minimum atomic E-state index is -0.412. The standard InChI is InChI=1S/C14H13N5O2/c20-19(21)13-3-1-2-11-12(4-5-17-14(11)13)16-7-9-18-8-6-15-10-18/h1-6,8,10H,7,9H2,(H,16,17). The normalized spacial score (nSPS) is 10.7. The van der Waals surface area contributed by atoms with E-state index < -0.39 is 4.92 Å². The van der Waals surface area contributed by atoms with Crippen molar-refractivity contribution in [3.05, 3.63) is 59.3 Å². The number of hydrogen-bond acceptors (Lipinski definition) is 5. The molecule has 0 saturated heterocycles. The number of benzene rings is 1. The van der Waals surface area contributed by atoms with Crippen LogP contribution in [0.1, 0.15) is 0 Å². The lowest BCUT2D eigenvalue weighted by Crippen LogP contribution is -2.09. The number of hydrogen-bond donors (Lipinski definition) is 1. The Morgan fingerprint density at radius 3 is 2.95 bits per heavy atom. The van der Waals surface area contributed by atoms with Crippen LogP contribution in [-0.4, -0.2) is 26.0 Å². The molecule has 0 radical (unpaired) electrons. The van der Waals surface area contributed by atoms with Gasteiger partial charge in [0.25, 0.3) is 5.69 Å². The Labute approximate surface area is 120 Å². The fourth-order valence-corrected chi connectivity index (χ4v) is 2.20. The van der Waals surface area contributed by atoms with Crippen molar-refractivity contribution in [3.8, 4) is 0 Å². The third kappa shape index (κ3) is 2.66. The molecular formula is C14H13N5O2. The molecule has 0 unspecified atom stereocenters. The van der Waals surface area contributed by atoms with Gasteiger partial charge in [0.05, 0.1) is 11.3 Å². The molecule has 21 heavy (non-hydrogen) atoms. The zero-order chi connectivity index (χ0) is 14.7. The summed E-state index contributed by atoms with van der Waals surface area (Å²) in [6.45, 7) is 1.46. The van der Waals surface area contributed by atoms with Crippen molar-refractivity contribution in [2.45, 2.75) is 6.54 Å². The molecule has 106 valence electrons. The number of rotatable bonds is 5. The highest BCUT2D eigenvalue weighted by molar-refractivity contribution is 5.96. The van der Waals surface area contributed by atoms with Crippen LogP contribution in [0.15, 0.2) is 49.2 Å². The Kier molecular flexibility index (Phi) is 3.46. The van der Waals surface area contributed by atoms with Gasteiger partial charge in [0, 0.05) is 48.8 Å². The quantitative estimate of drug-likeness (QED) is 0.574. The molecule has 0 spiro atoms. The zero-order valence-corrected chi connectivity index (χ0v) is 11.1. The molecule has 2 heterocycles. The van der Waals surface area contributed by atoms with Gasteiger partial charge in [0.15, 0.2) is 0 Å². The molecule has 7 nitrogen and oxygen atoms in total. The van der Waals surface area contributed by atoms with E-state index in [2.05, 4.69) is 15.3 Å². The first-order valence-electron chi connectivity index (χ1n) is 6.47. The Balaban J connectivity index is 1.85. The Morgan fingerprint density at radius 2 is 2.19 bits per heavy atom. The molecule has 0 fully saturated rings. The number of nitro groups is 1. The summed E-state index contributed by atoms with van der Waals surface area (Å²) in [6.07, 6.45) is 6.94. The summed E-state index contributed by atoms with van der Waals surface area (Å²) in [5, 5.41) is 15.1. The van der Waals surface area contributed by atoms with Crippen LogP contribution in [0.4, 0.5) is 11.4 Å². The summed E-state index contributed by atoms with van der Waals surface area (Å²) in [7, 11) is 0. The number of anilines is 1. The van der Waals surface area contributed by atoms with E-state index in [1.54, 1.807) is 24.8 Å². The predicted molar refractivity (Wildman–Crippen MR) is 79.1 cm³/mol. The molecule has 0 saturated carbocycles. The molecule has 0 atom stereocenters. The van der Waals surface area contributed by atoms with Gasteiger partial charge in [-0.1, -0.05) is 12.1 Å². The topological polar surface area (TPSA) is 85.9 Å². The van der Waals surface area contributed by atoms with Crippen LogP contribution in [0.25, 0.3) is 10.9 Å². The fourth-order valence-electron chi connectivity index (χ4n) is 2.20. The summed E-state index contributed by atoms with van der Waals surface area (Å²) in [4.78, 5) is 18.7. The Bertz CT molecular complexity index is 770. The van der Waals surface area contributed by atoms with Gasteiger partial charge >= 0.3 is 0 Å². The molecule has 1 aromatic carbocycles. The SMILES string of the molecule is O=[N+]([O-])c1cccc2c(NCCn3ccnc3)ccnc12. The van der Waals surface area contributed by atoms with Gasteiger partial charge in [-0.3, -0.25) is 10.1 Å². The van der Waals surface area contributed by atoms with Crippen molar-refractivity contribution in [2.75, 3.05) is 11.9 Å². The van der Waals surface area contributed by atoms with E-state index in [1.807, 2.05) is 22.9 Å². The van der Waals surface area contributed by atoms with Gasteiger partial charge in [-0.05, 0) is 6.07 Å². The van der Waals surface area contributed by atoms with Crippen LogP contribution < -0.4 is 5.32 Å². The van der Waals surface area contributed by atoms with Gasteiger partial charge in [0.1, 0.15) is 5.52 Å². The predicted octanol–water partition coefficient (Wildman–Crippen LogP) is 2.45. The lowest BCUT2D eigenvalue weighted by molar-refractivity contribution is -0.383. The molecule has 0 amide bonds. The zero-order valence-electron chi connectivity index (χ0n) is 11.1. The summed E-state index contributed by atoms with van der Waals surface area (Å²) < 4.78 is 1.96. The van der Waals surface area contributed by atoms with Crippen LogP contribution in [0.5, 0.6) is 0 Å². The number of nitrogens with zero attached hydrogens (tertiary/aromatic N) is 4. The molecule has 0 bridgehead atoms. The highest BCUT2D eigenvalue weighted by Crippen LogP contribution is 2.28. The lowest BCUT2D eigenvalue weighted by Gasteiger charge is -2.09. The highest BCUT2D eigenvalue weighted by atomic mass is 16.6. The average molecular weight is 283 g/mol. The van der Waals surface area contributed by atoms with Gasteiger partial charge in [-0.25, -0.2) is 9.97 Å². The largest absolute Gasteiger partial charge is 0.383 e. The number of para-hydroxylation sites is 1. The smallest absolute Gasteiger partial charge is 0.295 e. The summed E-state index contributed by atoms with van der Waals surface area (Å²) in [5.41, 5.74) is 1.25. The van der Waals surface area contributed by atoms with E-state index in [0.29, 0.717) is 12.1 Å². The van der Waals surface area contributed by atoms with Crippen LogP contribution in [-0.2, 0) is 6.54 Å². The van der Waals surface area contributed by atoms with Crippen molar-refractivity contribution in [1.29, 1.82) is 0 Å². The van der Waals surface area contributed by atoms with Gasteiger partial charge in [0.2, 0.25) is 0 Å². The maximum Gasteiger partial charge on any atom is 0.295 e. The number of nitro benzene ring substituents is 1. The maximum atomic E-state index is 11.0. The minimum absolute atomic E-state index is 0.0192. The fraction of sp³-hybridized carbons (Fsp3) is 0.143. The van der Waals surface area contributed by atoms with Crippen LogP contribution in [0, 0.1) is 10.1 Å². The van der Waals surface area contributed by atoms with Crippen LogP contribution >= 0.6 is 0 Å². The van der Waals surface area contributed by atoms with E-state index in [4.69, 9.17) is 0 Å². The second-order valence-corrected chi connectivity index (χ2v) is 4.52. The molecule has 2 aromatic heterocycles. The molecule has 3 aromatic rings. The molecule has 0 aliphatic carbocycles. The van der Waals surface area contributed by atoms with Crippen LogP contribution in [0.3, 0.4) is 0 Å². The first-order chi connectivity index (χ1) is 10.3. The Morgan fingerprint density at radius 1 is 1.29 bits per heavy atom. The number of fused-ring (bicyclic) bond motifs is 1. The monoisotopic (exact) mass is 283 g/mol. The molecular weight excluding hydrogens is 270 g/mol. The minimum Gasteiger partial charge on any atom is -0.383 e. The number of imidazole rings is 1. The van der Waals surface area contributed by atoms with Crippen molar-refractivity contribution >= 4 is 22.3 Å². The number of pyridine rings is 1. The molecule has 3 rings (SSSR count). The van der Waals surface area contributed by atoms with E-state index in [-0.39, 0.29) is 5.69 Å². The van der Waals surface area contributed by atoms with E-state index in [0.717, 1.165) is 17.6 Å².